The summed E-state index contributed by atoms with van der Waals surface area (Å²) in [6, 6.07) is 8.22. The average Bonchev–Trinajstić information content (AvgIpc) is 2.30. The molecular formula is C13H22N2O. The van der Waals surface area contributed by atoms with Gasteiger partial charge >= 0.3 is 0 Å². The monoisotopic (exact) mass is 222 g/mol. The van der Waals surface area contributed by atoms with E-state index >= 15 is 0 Å². The molecule has 3 nitrogen and oxygen atoms in total. The zero-order chi connectivity index (χ0) is 12.0. The number of rotatable bonds is 6. The number of anilines is 1. The molecule has 90 valence electrons. The summed E-state index contributed by atoms with van der Waals surface area (Å²) in [5.74, 6) is 0.917. The lowest BCUT2D eigenvalue weighted by atomic mass is 10.2. The first kappa shape index (κ1) is 12.8. The lowest BCUT2D eigenvalue weighted by molar-refractivity contribution is 0.411. The third-order valence-electron chi connectivity index (χ3n) is 2.62. The summed E-state index contributed by atoms with van der Waals surface area (Å²) in [7, 11) is 5.90. The van der Waals surface area contributed by atoms with E-state index in [4.69, 9.17) is 4.74 Å². The van der Waals surface area contributed by atoms with Crippen LogP contribution in [0.2, 0.25) is 0 Å². The van der Waals surface area contributed by atoms with Crippen LogP contribution in [0.25, 0.3) is 0 Å². The van der Waals surface area contributed by atoms with E-state index in [2.05, 4.69) is 43.0 Å². The van der Waals surface area contributed by atoms with Crippen LogP contribution >= 0.6 is 0 Å². The Bertz CT molecular complexity index is 313. The Labute approximate surface area is 98.6 Å². The molecule has 3 heteroatoms. The highest BCUT2D eigenvalue weighted by molar-refractivity contribution is 5.50. The third-order valence-corrected chi connectivity index (χ3v) is 2.62. The van der Waals surface area contributed by atoms with Gasteiger partial charge in [-0.3, -0.25) is 0 Å². The maximum atomic E-state index is 5.24. The number of hydrogen-bond acceptors (Lipinski definition) is 3. The summed E-state index contributed by atoms with van der Waals surface area (Å²) in [5.41, 5.74) is 1.23. The molecule has 0 aliphatic carbocycles. The fourth-order valence-corrected chi connectivity index (χ4v) is 1.60. The first-order valence-electron chi connectivity index (χ1n) is 5.71. The van der Waals surface area contributed by atoms with Gasteiger partial charge in [-0.25, -0.2) is 0 Å². The SMILES string of the molecule is CCN(CCN(C)C)c1cccc(OC)c1. The maximum Gasteiger partial charge on any atom is 0.120 e. The van der Waals surface area contributed by atoms with Crippen LogP contribution in [0.5, 0.6) is 5.75 Å². The normalized spacial score (nSPS) is 10.6. The van der Waals surface area contributed by atoms with E-state index in [1.807, 2.05) is 12.1 Å². The minimum absolute atomic E-state index is 0.917. The molecule has 0 atom stereocenters. The highest BCUT2D eigenvalue weighted by Crippen LogP contribution is 2.20. The van der Waals surface area contributed by atoms with E-state index in [0.29, 0.717) is 0 Å². The van der Waals surface area contributed by atoms with Crippen molar-refractivity contribution in [3.63, 3.8) is 0 Å². The summed E-state index contributed by atoms with van der Waals surface area (Å²) in [5, 5.41) is 0. The fraction of sp³-hybridized carbons (Fsp3) is 0.538. The molecule has 0 bridgehead atoms. The molecule has 1 aromatic carbocycles. The van der Waals surface area contributed by atoms with Crippen LogP contribution in [0.4, 0.5) is 5.69 Å². The second-order valence-electron chi connectivity index (χ2n) is 4.08. The molecule has 0 saturated carbocycles. The summed E-state index contributed by atoms with van der Waals surface area (Å²) >= 11 is 0. The standard InChI is InChI=1S/C13H22N2O/c1-5-15(10-9-14(2)3)12-7-6-8-13(11-12)16-4/h6-8,11H,5,9-10H2,1-4H3. The Balaban J connectivity index is 2.70. The highest BCUT2D eigenvalue weighted by Gasteiger charge is 2.05. The van der Waals surface area contributed by atoms with Gasteiger partial charge in [0.1, 0.15) is 5.75 Å². The van der Waals surface area contributed by atoms with Gasteiger partial charge in [0.2, 0.25) is 0 Å². The van der Waals surface area contributed by atoms with Gasteiger partial charge in [-0.1, -0.05) is 6.07 Å². The van der Waals surface area contributed by atoms with Gasteiger partial charge in [0.15, 0.2) is 0 Å². The van der Waals surface area contributed by atoms with Crippen molar-refractivity contribution in [2.45, 2.75) is 6.92 Å². The van der Waals surface area contributed by atoms with Gasteiger partial charge in [-0.15, -0.1) is 0 Å². The Morgan fingerprint density at radius 1 is 1.19 bits per heavy atom. The summed E-state index contributed by atoms with van der Waals surface area (Å²) in [4.78, 5) is 4.55. The minimum atomic E-state index is 0.917. The molecule has 0 saturated heterocycles. The zero-order valence-corrected chi connectivity index (χ0v) is 10.7. The zero-order valence-electron chi connectivity index (χ0n) is 10.7. The Hall–Kier alpha value is -1.22. The van der Waals surface area contributed by atoms with E-state index in [1.54, 1.807) is 7.11 Å². The molecule has 0 aromatic heterocycles. The lowest BCUT2D eigenvalue weighted by Gasteiger charge is -2.25. The second kappa shape index (κ2) is 6.38. The van der Waals surface area contributed by atoms with Crippen molar-refractivity contribution in [1.29, 1.82) is 0 Å². The number of methoxy groups -OCH3 is 1. The van der Waals surface area contributed by atoms with E-state index in [0.717, 1.165) is 25.4 Å². The lowest BCUT2D eigenvalue weighted by Crippen LogP contribution is -2.31. The molecule has 0 fully saturated rings. The van der Waals surface area contributed by atoms with Crippen LogP contribution < -0.4 is 9.64 Å². The molecule has 16 heavy (non-hydrogen) atoms. The number of benzene rings is 1. The largest absolute Gasteiger partial charge is 0.497 e. The summed E-state index contributed by atoms with van der Waals surface area (Å²) in [6.45, 7) is 5.29. The molecule has 0 spiro atoms. The van der Waals surface area contributed by atoms with Crippen LogP contribution in [0, 0.1) is 0 Å². The summed E-state index contributed by atoms with van der Waals surface area (Å²) in [6.07, 6.45) is 0. The molecular weight excluding hydrogens is 200 g/mol. The van der Waals surface area contributed by atoms with Crippen molar-refractivity contribution < 1.29 is 4.74 Å². The van der Waals surface area contributed by atoms with E-state index < -0.39 is 0 Å². The topological polar surface area (TPSA) is 15.7 Å². The van der Waals surface area contributed by atoms with Crippen LogP contribution in [-0.4, -0.2) is 45.7 Å². The molecule has 1 rings (SSSR count). The number of nitrogens with zero attached hydrogens (tertiary/aromatic N) is 2. The Morgan fingerprint density at radius 2 is 1.94 bits per heavy atom. The van der Waals surface area contributed by atoms with E-state index in [1.165, 1.54) is 5.69 Å². The van der Waals surface area contributed by atoms with Crippen LogP contribution in [0.3, 0.4) is 0 Å². The minimum Gasteiger partial charge on any atom is -0.497 e. The predicted octanol–water partition coefficient (Wildman–Crippen LogP) is 2.08. The van der Waals surface area contributed by atoms with E-state index in [-0.39, 0.29) is 0 Å². The van der Waals surface area contributed by atoms with E-state index in [9.17, 15) is 0 Å². The second-order valence-corrected chi connectivity index (χ2v) is 4.08. The molecule has 0 aliphatic heterocycles. The molecule has 0 heterocycles. The van der Waals surface area contributed by atoms with Gasteiger partial charge in [-0.05, 0) is 33.2 Å². The van der Waals surface area contributed by atoms with Gasteiger partial charge in [-0.2, -0.15) is 0 Å². The van der Waals surface area contributed by atoms with Crippen molar-refractivity contribution in [2.24, 2.45) is 0 Å². The van der Waals surface area contributed by atoms with Crippen molar-refractivity contribution >= 4 is 5.69 Å². The predicted molar refractivity (Wildman–Crippen MR) is 69.4 cm³/mol. The van der Waals surface area contributed by atoms with Crippen molar-refractivity contribution in [3.05, 3.63) is 24.3 Å². The van der Waals surface area contributed by atoms with Crippen LogP contribution in [0.15, 0.2) is 24.3 Å². The van der Waals surface area contributed by atoms with Crippen molar-refractivity contribution in [2.75, 3.05) is 45.7 Å². The van der Waals surface area contributed by atoms with Gasteiger partial charge in [0.25, 0.3) is 0 Å². The van der Waals surface area contributed by atoms with Gasteiger partial charge in [0.05, 0.1) is 7.11 Å². The fourth-order valence-electron chi connectivity index (χ4n) is 1.60. The van der Waals surface area contributed by atoms with Crippen molar-refractivity contribution in [3.8, 4) is 5.75 Å². The quantitative estimate of drug-likeness (QED) is 0.733. The van der Waals surface area contributed by atoms with Gasteiger partial charge in [0, 0.05) is 31.4 Å². The van der Waals surface area contributed by atoms with Gasteiger partial charge < -0.3 is 14.5 Å². The Kier molecular flexibility index (Phi) is 5.12. The average molecular weight is 222 g/mol. The highest BCUT2D eigenvalue weighted by atomic mass is 16.5. The van der Waals surface area contributed by atoms with Crippen molar-refractivity contribution in [1.82, 2.24) is 4.90 Å². The molecule has 0 aliphatic rings. The van der Waals surface area contributed by atoms with Crippen LogP contribution in [0.1, 0.15) is 6.92 Å². The molecule has 0 unspecified atom stereocenters. The first-order valence-corrected chi connectivity index (χ1v) is 5.71. The molecule has 0 N–H and O–H groups in total. The number of hydrogen-bond donors (Lipinski definition) is 0. The first-order chi connectivity index (χ1) is 7.67. The third kappa shape index (κ3) is 3.74. The number of ether oxygens (including phenoxy) is 1. The number of likely N-dealkylation sites (N-methyl/N-ethyl adjacent to an activating group) is 2. The molecule has 1 aromatic rings. The maximum absolute atomic E-state index is 5.24. The smallest absolute Gasteiger partial charge is 0.120 e. The molecule has 0 amide bonds. The Morgan fingerprint density at radius 3 is 2.50 bits per heavy atom. The summed E-state index contributed by atoms with van der Waals surface area (Å²) < 4.78 is 5.24. The molecule has 0 radical (unpaired) electrons. The van der Waals surface area contributed by atoms with Crippen LogP contribution in [-0.2, 0) is 0 Å².